The zero-order valence-corrected chi connectivity index (χ0v) is 16.5. The minimum absolute atomic E-state index is 0.0313. The first-order valence-corrected chi connectivity index (χ1v) is 9.73. The van der Waals surface area contributed by atoms with Crippen molar-refractivity contribution in [1.82, 2.24) is 15.0 Å². The summed E-state index contributed by atoms with van der Waals surface area (Å²) < 4.78 is 24.2. The maximum absolute atomic E-state index is 13.3. The largest absolute Gasteiger partial charge is 0.494 e. The number of hydrogen-bond donors (Lipinski definition) is 0. The fourth-order valence-corrected chi connectivity index (χ4v) is 3.60. The van der Waals surface area contributed by atoms with Crippen LogP contribution in [0.4, 0.5) is 4.39 Å². The van der Waals surface area contributed by atoms with Crippen molar-refractivity contribution in [2.45, 2.75) is 32.4 Å². The smallest absolute Gasteiger partial charge is 0.249 e. The Morgan fingerprint density at radius 2 is 2.07 bits per heavy atom. The normalized spacial score (nSPS) is 16.4. The van der Waals surface area contributed by atoms with E-state index in [9.17, 15) is 9.18 Å². The third-order valence-corrected chi connectivity index (χ3v) is 5.19. The number of rotatable bonds is 6. The molecule has 2 aromatic carbocycles. The van der Waals surface area contributed by atoms with Crippen molar-refractivity contribution in [2.24, 2.45) is 0 Å². The highest BCUT2D eigenvalue weighted by molar-refractivity contribution is 6.31. The van der Waals surface area contributed by atoms with Crippen LogP contribution in [-0.4, -0.2) is 27.6 Å². The lowest BCUT2D eigenvalue weighted by molar-refractivity contribution is -0.129. The van der Waals surface area contributed by atoms with Gasteiger partial charge in [0.05, 0.1) is 6.61 Å². The van der Waals surface area contributed by atoms with Crippen LogP contribution < -0.4 is 4.74 Å². The number of carbonyl (C=O) groups is 1. The molecule has 1 atom stereocenters. The Bertz CT molecular complexity index is 1020. The first-order chi connectivity index (χ1) is 14.0. The standard InChI is InChI=1S/C21H19ClFN3O3/c1-2-28-16-7-4-13(5-8-16)20-24-21(29-25-20)18-9-10-19(27)26(18)12-14-3-6-15(23)11-17(14)22/h3-8,11,18H,2,9-10,12H2,1H3. The molecule has 8 heteroatoms. The lowest BCUT2D eigenvalue weighted by Crippen LogP contribution is -2.27. The maximum atomic E-state index is 13.3. The molecule has 0 saturated carbocycles. The first-order valence-electron chi connectivity index (χ1n) is 9.35. The Morgan fingerprint density at radius 3 is 2.79 bits per heavy atom. The summed E-state index contributed by atoms with van der Waals surface area (Å²) in [6, 6.07) is 11.2. The summed E-state index contributed by atoms with van der Waals surface area (Å²) in [5, 5.41) is 4.34. The van der Waals surface area contributed by atoms with Crippen LogP contribution in [0.5, 0.6) is 5.75 Å². The number of amides is 1. The number of carbonyl (C=O) groups excluding carboxylic acids is 1. The molecule has 1 unspecified atom stereocenters. The van der Waals surface area contributed by atoms with Gasteiger partial charge in [-0.3, -0.25) is 4.79 Å². The maximum Gasteiger partial charge on any atom is 0.249 e. The van der Waals surface area contributed by atoms with E-state index in [0.717, 1.165) is 11.3 Å². The molecule has 1 fully saturated rings. The van der Waals surface area contributed by atoms with Crippen LogP contribution in [0, 0.1) is 5.82 Å². The van der Waals surface area contributed by atoms with Crippen LogP contribution in [0.3, 0.4) is 0 Å². The summed E-state index contributed by atoms with van der Waals surface area (Å²) >= 11 is 6.13. The van der Waals surface area contributed by atoms with Crippen LogP contribution in [0.15, 0.2) is 47.0 Å². The molecule has 1 aliphatic rings. The molecular weight excluding hydrogens is 397 g/mol. The van der Waals surface area contributed by atoms with Gasteiger partial charge in [-0.15, -0.1) is 0 Å². The number of hydrogen-bond acceptors (Lipinski definition) is 5. The van der Waals surface area contributed by atoms with E-state index in [1.807, 2.05) is 31.2 Å². The molecule has 150 valence electrons. The molecule has 1 amide bonds. The highest BCUT2D eigenvalue weighted by Gasteiger charge is 2.36. The van der Waals surface area contributed by atoms with Gasteiger partial charge in [0, 0.05) is 23.6 Å². The van der Waals surface area contributed by atoms with E-state index in [2.05, 4.69) is 10.1 Å². The average molecular weight is 416 g/mol. The SMILES string of the molecule is CCOc1ccc(-c2noc(C3CCC(=O)N3Cc3ccc(F)cc3Cl)n2)cc1. The lowest BCUT2D eigenvalue weighted by Gasteiger charge is -2.22. The highest BCUT2D eigenvalue weighted by atomic mass is 35.5. The van der Waals surface area contributed by atoms with Gasteiger partial charge >= 0.3 is 0 Å². The van der Waals surface area contributed by atoms with E-state index in [0.29, 0.717) is 36.7 Å². The van der Waals surface area contributed by atoms with Crippen molar-refractivity contribution in [3.63, 3.8) is 0 Å². The van der Waals surface area contributed by atoms with E-state index >= 15 is 0 Å². The fraction of sp³-hybridized carbons (Fsp3) is 0.286. The molecule has 0 bridgehead atoms. The summed E-state index contributed by atoms with van der Waals surface area (Å²) in [6.07, 6.45) is 0.951. The van der Waals surface area contributed by atoms with Crippen LogP contribution >= 0.6 is 11.6 Å². The van der Waals surface area contributed by atoms with Gasteiger partial charge in [-0.25, -0.2) is 4.39 Å². The van der Waals surface area contributed by atoms with Gasteiger partial charge in [-0.2, -0.15) is 4.98 Å². The Hall–Kier alpha value is -2.93. The van der Waals surface area contributed by atoms with Crippen molar-refractivity contribution in [3.05, 3.63) is 64.8 Å². The molecular formula is C21H19ClFN3O3. The summed E-state index contributed by atoms with van der Waals surface area (Å²) in [5.41, 5.74) is 1.46. The predicted octanol–water partition coefficient (Wildman–Crippen LogP) is 4.79. The van der Waals surface area contributed by atoms with E-state index in [4.69, 9.17) is 20.9 Å². The second-order valence-electron chi connectivity index (χ2n) is 6.73. The predicted molar refractivity (Wildman–Crippen MR) is 105 cm³/mol. The van der Waals surface area contributed by atoms with Gasteiger partial charge in [0.2, 0.25) is 17.6 Å². The van der Waals surface area contributed by atoms with Crippen LogP contribution in [-0.2, 0) is 11.3 Å². The Balaban J connectivity index is 1.55. The summed E-state index contributed by atoms with van der Waals surface area (Å²) in [7, 11) is 0. The highest BCUT2D eigenvalue weighted by Crippen LogP contribution is 2.35. The zero-order valence-electron chi connectivity index (χ0n) is 15.8. The molecule has 6 nitrogen and oxygen atoms in total. The van der Waals surface area contributed by atoms with Crippen molar-refractivity contribution in [3.8, 4) is 17.1 Å². The van der Waals surface area contributed by atoms with Gasteiger partial charge in [0.25, 0.3) is 0 Å². The van der Waals surface area contributed by atoms with E-state index in [-0.39, 0.29) is 23.5 Å². The van der Waals surface area contributed by atoms with E-state index < -0.39 is 5.82 Å². The fourth-order valence-electron chi connectivity index (χ4n) is 3.38. The Kier molecular flexibility index (Phi) is 5.49. The van der Waals surface area contributed by atoms with Gasteiger partial charge in [-0.1, -0.05) is 22.8 Å². The van der Waals surface area contributed by atoms with Crippen LogP contribution in [0.25, 0.3) is 11.4 Å². The number of ether oxygens (including phenoxy) is 1. The van der Waals surface area contributed by atoms with Gasteiger partial charge in [0.1, 0.15) is 17.6 Å². The molecule has 29 heavy (non-hydrogen) atoms. The quantitative estimate of drug-likeness (QED) is 0.579. The number of benzene rings is 2. The van der Waals surface area contributed by atoms with Crippen molar-refractivity contribution < 1.29 is 18.4 Å². The van der Waals surface area contributed by atoms with Gasteiger partial charge < -0.3 is 14.2 Å². The van der Waals surface area contributed by atoms with Gasteiger partial charge in [-0.05, 0) is 55.3 Å². The summed E-state index contributed by atoms with van der Waals surface area (Å²) in [5.74, 6) is 1.14. The van der Waals surface area contributed by atoms with E-state index in [1.165, 1.54) is 12.1 Å². The number of likely N-dealkylation sites (tertiary alicyclic amines) is 1. The van der Waals surface area contributed by atoms with Crippen molar-refractivity contribution in [2.75, 3.05) is 6.61 Å². The monoisotopic (exact) mass is 415 g/mol. The molecule has 3 aromatic rings. The van der Waals surface area contributed by atoms with E-state index in [1.54, 1.807) is 11.0 Å². The third-order valence-electron chi connectivity index (χ3n) is 4.83. The minimum atomic E-state index is -0.417. The van der Waals surface area contributed by atoms with Crippen LogP contribution in [0.1, 0.15) is 37.3 Å². The number of nitrogens with zero attached hydrogens (tertiary/aromatic N) is 3. The molecule has 0 N–H and O–H groups in total. The first kappa shape index (κ1) is 19.4. The minimum Gasteiger partial charge on any atom is -0.494 e. The Morgan fingerprint density at radius 1 is 1.28 bits per heavy atom. The summed E-state index contributed by atoms with van der Waals surface area (Å²) in [4.78, 5) is 18.6. The van der Waals surface area contributed by atoms with Crippen molar-refractivity contribution in [1.29, 1.82) is 0 Å². The number of aromatic nitrogens is 2. The molecule has 1 aliphatic heterocycles. The molecule has 2 heterocycles. The average Bonchev–Trinajstić information content (AvgIpc) is 3.32. The van der Waals surface area contributed by atoms with Gasteiger partial charge in [0.15, 0.2) is 0 Å². The summed E-state index contributed by atoms with van der Waals surface area (Å²) in [6.45, 7) is 2.77. The molecule has 0 spiro atoms. The topological polar surface area (TPSA) is 68.5 Å². The molecule has 4 rings (SSSR count). The molecule has 1 aromatic heterocycles. The second kappa shape index (κ2) is 8.21. The zero-order chi connectivity index (χ0) is 20.4. The van der Waals surface area contributed by atoms with Crippen LogP contribution in [0.2, 0.25) is 5.02 Å². The molecule has 0 aliphatic carbocycles. The Labute approximate surface area is 172 Å². The van der Waals surface area contributed by atoms with Crippen molar-refractivity contribution >= 4 is 17.5 Å². The molecule has 1 saturated heterocycles. The number of halogens is 2. The molecule has 0 radical (unpaired) electrons. The third kappa shape index (κ3) is 4.10. The second-order valence-corrected chi connectivity index (χ2v) is 7.13. The lowest BCUT2D eigenvalue weighted by atomic mass is 10.1.